The number of sulfonamides is 1. The van der Waals surface area contributed by atoms with Crippen LogP contribution < -0.4 is 0 Å². The van der Waals surface area contributed by atoms with Gasteiger partial charge in [0, 0.05) is 26.2 Å². The van der Waals surface area contributed by atoms with E-state index in [-0.39, 0.29) is 17.2 Å². The van der Waals surface area contributed by atoms with Crippen molar-refractivity contribution in [3.63, 3.8) is 0 Å². The predicted octanol–water partition coefficient (Wildman–Crippen LogP) is 0.461. The summed E-state index contributed by atoms with van der Waals surface area (Å²) in [6.07, 6.45) is 0.584. The van der Waals surface area contributed by atoms with E-state index in [2.05, 4.69) is 5.16 Å². The van der Waals surface area contributed by atoms with Gasteiger partial charge < -0.3 is 9.63 Å². The molecule has 2 rings (SSSR count). The molecule has 1 atom stereocenters. The lowest BCUT2D eigenvalue weighted by Crippen LogP contribution is -2.42. The molecule has 0 amide bonds. The zero-order chi connectivity index (χ0) is 16.5. The van der Waals surface area contributed by atoms with Crippen LogP contribution in [-0.4, -0.2) is 66.1 Å². The lowest BCUT2D eigenvalue weighted by molar-refractivity contribution is -0.142. The largest absolute Gasteiger partial charge is 0.480 e. The van der Waals surface area contributed by atoms with E-state index in [1.165, 1.54) is 4.31 Å². The minimum atomic E-state index is -3.67. The van der Waals surface area contributed by atoms with Gasteiger partial charge in [0.2, 0.25) is 10.0 Å². The van der Waals surface area contributed by atoms with Crippen molar-refractivity contribution in [2.45, 2.75) is 38.1 Å². The first-order valence-corrected chi connectivity index (χ1v) is 8.59. The molecule has 1 aromatic heterocycles. The van der Waals surface area contributed by atoms with Crippen molar-refractivity contribution in [1.82, 2.24) is 14.4 Å². The van der Waals surface area contributed by atoms with Crippen molar-refractivity contribution >= 4 is 16.0 Å². The number of hydrogen-bond donors (Lipinski definition) is 1. The number of carbonyl (C=O) groups is 1. The molecule has 22 heavy (non-hydrogen) atoms. The van der Waals surface area contributed by atoms with Gasteiger partial charge in [0.25, 0.3) is 0 Å². The van der Waals surface area contributed by atoms with E-state index in [1.807, 2.05) is 0 Å². The second-order valence-corrected chi connectivity index (χ2v) is 7.34. The van der Waals surface area contributed by atoms with E-state index in [0.29, 0.717) is 31.7 Å². The lowest BCUT2D eigenvalue weighted by atomic mass is 10.2. The Morgan fingerprint density at radius 3 is 2.50 bits per heavy atom. The fourth-order valence-corrected chi connectivity index (χ4v) is 4.43. The number of aryl methyl sites for hydroxylation is 2. The van der Waals surface area contributed by atoms with Crippen molar-refractivity contribution < 1.29 is 22.8 Å². The Morgan fingerprint density at radius 1 is 1.27 bits per heavy atom. The Bertz CT molecular complexity index is 635. The summed E-state index contributed by atoms with van der Waals surface area (Å²) in [5.41, 5.74) is 0.345. The van der Waals surface area contributed by atoms with E-state index in [9.17, 15) is 13.2 Å². The molecule has 1 N–H and O–H groups in total. The monoisotopic (exact) mass is 331 g/mol. The SMILES string of the molecule is Cc1noc(C)c1S(=O)(=O)N1CCCN(C(C)C(=O)O)CC1. The summed E-state index contributed by atoms with van der Waals surface area (Å²) < 4.78 is 31.8. The van der Waals surface area contributed by atoms with Gasteiger partial charge >= 0.3 is 5.97 Å². The maximum absolute atomic E-state index is 12.7. The number of carboxylic acids is 1. The van der Waals surface area contributed by atoms with Crippen LogP contribution in [0.3, 0.4) is 0 Å². The third kappa shape index (κ3) is 3.16. The smallest absolute Gasteiger partial charge is 0.320 e. The highest BCUT2D eigenvalue weighted by atomic mass is 32.2. The summed E-state index contributed by atoms with van der Waals surface area (Å²) in [6.45, 7) is 6.33. The first-order chi connectivity index (χ1) is 10.2. The summed E-state index contributed by atoms with van der Waals surface area (Å²) in [6, 6.07) is -0.623. The number of nitrogens with zero attached hydrogens (tertiary/aromatic N) is 3. The highest BCUT2D eigenvalue weighted by Gasteiger charge is 2.33. The van der Waals surface area contributed by atoms with Gasteiger partial charge in [-0.1, -0.05) is 5.16 Å². The molecule has 0 aliphatic carbocycles. The minimum Gasteiger partial charge on any atom is -0.480 e. The van der Waals surface area contributed by atoms with Gasteiger partial charge in [-0.25, -0.2) is 8.42 Å². The molecule has 1 fully saturated rings. The molecular formula is C13H21N3O5S. The molecule has 124 valence electrons. The Kier molecular flexibility index (Phi) is 4.88. The highest BCUT2D eigenvalue weighted by Crippen LogP contribution is 2.24. The van der Waals surface area contributed by atoms with E-state index in [0.717, 1.165) is 0 Å². The number of aromatic nitrogens is 1. The average molecular weight is 331 g/mol. The standard InChI is InChI=1S/C13H21N3O5S/c1-9-12(11(3)21-14-9)22(19,20)16-6-4-5-15(7-8-16)10(2)13(17)18/h10H,4-8H2,1-3H3,(H,17,18). The Hall–Kier alpha value is -1.45. The molecule has 9 heteroatoms. The molecule has 8 nitrogen and oxygen atoms in total. The average Bonchev–Trinajstić information content (AvgIpc) is 2.67. The van der Waals surface area contributed by atoms with Gasteiger partial charge in [0.15, 0.2) is 5.76 Å². The topological polar surface area (TPSA) is 104 Å². The highest BCUT2D eigenvalue weighted by molar-refractivity contribution is 7.89. The van der Waals surface area contributed by atoms with E-state index in [4.69, 9.17) is 9.63 Å². The van der Waals surface area contributed by atoms with E-state index >= 15 is 0 Å². The van der Waals surface area contributed by atoms with E-state index < -0.39 is 22.0 Å². The molecule has 1 saturated heterocycles. The molecule has 0 saturated carbocycles. The second kappa shape index (κ2) is 6.35. The van der Waals surface area contributed by atoms with Crippen LogP contribution in [0.2, 0.25) is 0 Å². The molecule has 0 aromatic carbocycles. The molecule has 1 unspecified atom stereocenters. The van der Waals surface area contributed by atoms with Crippen LogP contribution in [0.1, 0.15) is 24.8 Å². The molecule has 0 radical (unpaired) electrons. The molecule has 1 aromatic rings. The van der Waals surface area contributed by atoms with Crippen molar-refractivity contribution in [3.8, 4) is 0 Å². The quantitative estimate of drug-likeness (QED) is 0.854. The third-order valence-corrected chi connectivity index (χ3v) is 6.10. The van der Waals surface area contributed by atoms with Gasteiger partial charge in [-0.15, -0.1) is 0 Å². The van der Waals surface area contributed by atoms with Crippen LogP contribution in [-0.2, 0) is 14.8 Å². The van der Waals surface area contributed by atoms with Gasteiger partial charge in [0.05, 0.1) is 0 Å². The molecular weight excluding hydrogens is 310 g/mol. The first kappa shape index (κ1) is 16.9. The van der Waals surface area contributed by atoms with Crippen LogP contribution in [0.5, 0.6) is 0 Å². The van der Waals surface area contributed by atoms with Gasteiger partial charge in [-0.2, -0.15) is 4.31 Å². The van der Waals surface area contributed by atoms with Crippen molar-refractivity contribution in [1.29, 1.82) is 0 Å². The van der Waals surface area contributed by atoms with Crippen LogP contribution in [0.4, 0.5) is 0 Å². The van der Waals surface area contributed by atoms with Gasteiger partial charge in [0.1, 0.15) is 16.6 Å². The first-order valence-electron chi connectivity index (χ1n) is 7.15. The van der Waals surface area contributed by atoms with Gasteiger partial charge in [-0.3, -0.25) is 9.69 Å². The molecule has 0 bridgehead atoms. The molecule has 2 heterocycles. The summed E-state index contributed by atoms with van der Waals surface area (Å²) in [7, 11) is -3.67. The maximum Gasteiger partial charge on any atom is 0.320 e. The predicted molar refractivity (Wildman–Crippen MR) is 78.0 cm³/mol. The van der Waals surface area contributed by atoms with Crippen molar-refractivity contribution in [2.75, 3.05) is 26.2 Å². The number of aliphatic carboxylic acids is 1. The van der Waals surface area contributed by atoms with Gasteiger partial charge in [-0.05, 0) is 27.2 Å². The molecule has 1 aliphatic rings. The Balaban J connectivity index is 2.19. The normalized spacial score (nSPS) is 19.8. The van der Waals surface area contributed by atoms with Crippen LogP contribution >= 0.6 is 0 Å². The van der Waals surface area contributed by atoms with Crippen molar-refractivity contribution in [3.05, 3.63) is 11.5 Å². The summed E-state index contributed by atoms with van der Waals surface area (Å²) in [5, 5.41) is 12.8. The number of carboxylic acid groups (broad SMARTS) is 1. The summed E-state index contributed by atoms with van der Waals surface area (Å²) in [5.74, 6) is -0.625. The zero-order valence-corrected chi connectivity index (χ0v) is 13.8. The van der Waals surface area contributed by atoms with E-state index in [1.54, 1.807) is 25.7 Å². The van der Waals surface area contributed by atoms with Crippen molar-refractivity contribution in [2.24, 2.45) is 0 Å². The third-order valence-electron chi connectivity index (χ3n) is 3.96. The lowest BCUT2D eigenvalue weighted by Gasteiger charge is -2.24. The number of hydrogen-bond acceptors (Lipinski definition) is 6. The Labute approximate surface area is 129 Å². The summed E-state index contributed by atoms with van der Waals surface area (Å²) >= 11 is 0. The number of rotatable bonds is 4. The molecule has 1 aliphatic heterocycles. The fourth-order valence-electron chi connectivity index (χ4n) is 2.67. The fraction of sp³-hybridized carbons (Fsp3) is 0.692. The molecule has 0 spiro atoms. The minimum absolute atomic E-state index is 0.118. The maximum atomic E-state index is 12.7. The Morgan fingerprint density at radius 2 is 1.95 bits per heavy atom. The second-order valence-electron chi connectivity index (χ2n) is 5.46. The van der Waals surface area contributed by atoms with Crippen LogP contribution in [0, 0.1) is 13.8 Å². The van der Waals surface area contributed by atoms with Crippen LogP contribution in [0.15, 0.2) is 9.42 Å². The van der Waals surface area contributed by atoms with Crippen LogP contribution in [0.25, 0.3) is 0 Å². The summed E-state index contributed by atoms with van der Waals surface area (Å²) in [4.78, 5) is 13.0. The zero-order valence-electron chi connectivity index (χ0n) is 12.9.